The fourth-order valence-corrected chi connectivity index (χ4v) is 3.43. The van der Waals surface area contributed by atoms with Gasteiger partial charge < -0.3 is 4.74 Å². The van der Waals surface area contributed by atoms with Gasteiger partial charge in [0.25, 0.3) is 5.91 Å². The molecule has 1 aromatic heterocycles. The number of carbonyl (C=O) groups excluding carboxylic acids is 1. The molecule has 0 aliphatic carbocycles. The Kier molecular flexibility index (Phi) is 7.26. The summed E-state index contributed by atoms with van der Waals surface area (Å²) in [6.45, 7) is 10.1. The van der Waals surface area contributed by atoms with Gasteiger partial charge in [0, 0.05) is 18.5 Å². The summed E-state index contributed by atoms with van der Waals surface area (Å²) in [5, 5.41) is 15.4. The predicted octanol–water partition coefficient (Wildman–Crippen LogP) is 4.23. The molecule has 8 heteroatoms. The largest absolute Gasteiger partial charge is 0.477 e. The summed E-state index contributed by atoms with van der Waals surface area (Å²) >= 11 is 0. The van der Waals surface area contributed by atoms with Crippen molar-refractivity contribution in [1.29, 1.82) is 0 Å². The van der Waals surface area contributed by atoms with Crippen LogP contribution in [0.2, 0.25) is 0 Å². The van der Waals surface area contributed by atoms with Crippen LogP contribution in [0.5, 0.6) is 5.75 Å². The molecule has 0 aliphatic rings. The van der Waals surface area contributed by atoms with Gasteiger partial charge in [0.2, 0.25) is 0 Å². The second kappa shape index (κ2) is 9.47. The minimum absolute atomic E-state index is 0.0450. The smallest absolute Gasteiger partial charge is 0.311 e. The number of hydrogen-bond acceptors (Lipinski definition) is 6. The Morgan fingerprint density at radius 3 is 2.47 bits per heavy atom. The van der Waals surface area contributed by atoms with Crippen LogP contribution in [-0.4, -0.2) is 28.6 Å². The third-order valence-corrected chi connectivity index (χ3v) is 4.38. The SMILES string of the molecule is CC(C)(C)CC(C)(C)c1ccc(OCC(=O)NN=Cc2ccncc2)c([N+](=O)[O-])c1. The lowest BCUT2D eigenvalue weighted by molar-refractivity contribution is -0.385. The van der Waals surface area contributed by atoms with Crippen LogP contribution in [-0.2, 0) is 10.2 Å². The number of nitro benzene ring substituents is 1. The van der Waals surface area contributed by atoms with Crippen molar-refractivity contribution in [2.45, 2.75) is 46.5 Å². The number of hydrazone groups is 1. The van der Waals surface area contributed by atoms with Crippen molar-refractivity contribution in [3.8, 4) is 5.75 Å². The number of rotatable bonds is 8. The second-order valence-electron chi connectivity index (χ2n) is 8.92. The maximum Gasteiger partial charge on any atom is 0.311 e. The van der Waals surface area contributed by atoms with Crippen molar-refractivity contribution in [2.24, 2.45) is 10.5 Å². The molecule has 8 nitrogen and oxygen atoms in total. The summed E-state index contributed by atoms with van der Waals surface area (Å²) in [6, 6.07) is 8.36. The molecule has 0 spiro atoms. The maximum absolute atomic E-state index is 11.9. The van der Waals surface area contributed by atoms with Crippen molar-refractivity contribution in [3.63, 3.8) is 0 Å². The highest BCUT2D eigenvalue weighted by atomic mass is 16.6. The molecule has 0 saturated carbocycles. The van der Waals surface area contributed by atoms with E-state index in [1.807, 2.05) is 6.07 Å². The fraction of sp³-hybridized carbons (Fsp3) is 0.409. The average Bonchev–Trinajstić information content (AvgIpc) is 2.65. The molecule has 1 heterocycles. The number of ether oxygens (including phenoxy) is 1. The number of hydrogen-bond donors (Lipinski definition) is 1. The van der Waals surface area contributed by atoms with Crippen LogP contribution in [0.25, 0.3) is 0 Å². The van der Waals surface area contributed by atoms with Crippen molar-refractivity contribution in [1.82, 2.24) is 10.4 Å². The van der Waals surface area contributed by atoms with Crippen molar-refractivity contribution >= 4 is 17.8 Å². The van der Waals surface area contributed by atoms with Gasteiger partial charge in [0.05, 0.1) is 11.1 Å². The molecular weight excluding hydrogens is 384 g/mol. The van der Waals surface area contributed by atoms with Gasteiger partial charge in [0.15, 0.2) is 12.4 Å². The van der Waals surface area contributed by atoms with E-state index in [9.17, 15) is 14.9 Å². The Balaban J connectivity index is 2.06. The molecule has 30 heavy (non-hydrogen) atoms. The number of pyridine rings is 1. The molecule has 1 N–H and O–H groups in total. The molecule has 0 fully saturated rings. The third kappa shape index (κ3) is 6.95. The van der Waals surface area contributed by atoms with E-state index in [4.69, 9.17) is 4.74 Å². The lowest BCUT2D eigenvalue weighted by Gasteiger charge is -2.33. The summed E-state index contributed by atoms with van der Waals surface area (Å²) in [6.07, 6.45) is 5.54. The number of nitrogens with zero attached hydrogens (tertiary/aromatic N) is 3. The van der Waals surface area contributed by atoms with Crippen LogP contribution in [0, 0.1) is 15.5 Å². The van der Waals surface area contributed by atoms with Gasteiger partial charge in [-0.25, -0.2) is 5.43 Å². The monoisotopic (exact) mass is 412 g/mol. The molecule has 0 aliphatic heterocycles. The first-order valence-electron chi connectivity index (χ1n) is 9.62. The first-order chi connectivity index (χ1) is 14.0. The van der Waals surface area contributed by atoms with E-state index >= 15 is 0 Å². The van der Waals surface area contributed by atoms with Gasteiger partial charge in [0.1, 0.15) is 0 Å². The molecule has 0 atom stereocenters. The minimum atomic E-state index is -0.522. The van der Waals surface area contributed by atoms with Gasteiger partial charge >= 0.3 is 5.69 Å². The Morgan fingerprint density at radius 2 is 1.87 bits per heavy atom. The lowest BCUT2D eigenvalue weighted by Crippen LogP contribution is -2.26. The predicted molar refractivity (Wildman–Crippen MR) is 116 cm³/mol. The van der Waals surface area contributed by atoms with Gasteiger partial charge in [-0.05, 0) is 46.6 Å². The van der Waals surface area contributed by atoms with E-state index in [0.717, 1.165) is 17.5 Å². The highest BCUT2D eigenvalue weighted by Gasteiger charge is 2.29. The van der Waals surface area contributed by atoms with Gasteiger partial charge in [-0.3, -0.25) is 19.9 Å². The molecular formula is C22H28N4O4. The average molecular weight is 412 g/mol. The highest BCUT2D eigenvalue weighted by molar-refractivity contribution is 5.82. The van der Waals surface area contributed by atoms with Crippen LogP contribution >= 0.6 is 0 Å². The molecule has 1 aromatic carbocycles. The van der Waals surface area contributed by atoms with Gasteiger partial charge in [-0.2, -0.15) is 5.10 Å². The summed E-state index contributed by atoms with van der Waals surface area (Å²) in [5.41, 5.74) is 3.61. The highest BCUT2D eigenvalue weighted by Crippen LogP contribution is 2.39. The first kappa shape index (κ1) is 23.0. The normalized spacial score (nSPS) is 12.0. The number of carbonyl (C=O) groups is 1. The topological polar surface area (TPSA) is 107 Å². The molecule has 0 saturated heterocycles. The van der Waals surface area contributed by atoms with E-state index in [1.165, 1.54) is 12.3 Å². The zero-order chi connectivity index (χ0) is 22.4. The van der Waals surface area contributed by atoms with Crippen LogP contribution in [0.15, 0.2) is 47.8 Å². The number of nitro groups is 1. The number of nitrogens with one attached hydrogen (secondary N) is 1. The lowest BCUT2D eigenvalue weighted by atomic mass is 9.72. The summed E-state index contributed by atoms with van der Waals surface area (Å²) in [7, 11) is 0. The maximum atomic E-state index is 11.9. The Bertz CT molecular complexity index is 918. The standard InChI is InChI=1S/C22H28N4O4/c1-21(2,3)15-22(4,5)17-6-7-19(18(12-17)26(28)29)30-14-20(27)25-24-13-16-8-10-23-11-9-16/h6-13H,14-15H2,1-5H3,(H,25,27). The zero-order valence-corrected chi connectivity index (χ0v) is 18.0. The van der Waals surface area contributed by atoms with E-state index in [0.29, 0.717) is 0 Å². The van der Waals surface area contributed by atoms with Crippen LogP contribution in [0.3, 0.4) is 0 Å². The Morgan fingerprint density at radius 1 is 1.20 bits per heavy atom. The van der Waals surface area contributed by atoms with Crippen LogP contribution < -0.4 is 10.2 Å². The quantitative estimate of drug-likeness (QED) is 0.397. The summed E-state index contributed by atoms with van der Waals surface area (Å²) in [4.78, 5) is 26.9. The molecule has 0 radical (unpaired) electrons. The van der Waals surface area contributed by atoms with Gasteiger partial charge in [-0.1, -0.05) is 40.7 Å². The third-order valence-electron chi connectivity index (χ3n) is 4.38. The molecule has 1 amide bonds. The molecule has 2 aromatic rings. The van der Waals surface area contributed by atoms with E-state index in [1.54, 1.807) is 30.6 Å². The Labute approximate surface area is 176 Å². The molecule has 0 bridgehead atoms. The minimum Gasteiger partial charge on any atom is -0.477 e. The zero-order valence-electron chi connectivity index (χ0n) is 18.0. The van der Waals surface area contributed by atoms with E-state index in [-0.39, 0.29) is 28.9 Å². The molecule has 0 unspecified atom stereocenters. The summed E-state index contributed by atoms with van der Waals surface area (Å²) in [5.74, 6) is -0.477. The van der Waals surface area contributed by atoms with Gasteiger partial charge in [-0.15, -0.1) is 0 Å². The second-order valence-corrected chi connectivity index (χ2v) is 8.92. The van der Waals surface area contributed by atoms with E-state index in [2.05, 4.69) is 50.1 Å². The first-order valence-corrected chi connectivity index (χ1v) is 9.62. The van der Waals surface area contributed by atoms with Crippen molar-refractivity contribution in [3.05, 3.63) is 64.0 Å². The molecule has 160 valence electrons. The van der Waals surface area contributed by atoms with Crippen LogP contribution in [0.4, 0.5) is 5.69 Å². The van der Waals surface area contributed by atoms with E-state index < -0.39 is 10.8 Å². The number of benzene rings is 1. The number of amides is 1. The Hall–Kier alpha value is -3.29. The fourth-order valence-electron chi connectivity index (χ4n) is 3.43. The molecule has 2 rings (SSSR count). The van der Waals surface area contributed by atoms with Crippen molar-refractivity contribution < 1.29 is 14.5 Å². The summed E-state index contributed by atoms with van der Waals surface area (Å²) < 4.78 is 5.39. The van der Waals surface area contributed by atoms with Crippen LogP contribution in [0.1, 0.15) is 52.2 Å². The number of aromatic nitrogens is 1. The van der Waals surface area contributed by atoms with Crippen molar-refractivity contribution in [2.75, 3.05) is 6.61 Å².